The van der Waals surface area contributed by atoms with E-state index in [0.29, 0.717) is 16.6 Å². The van der Waals surface area contributed by atoms with E-state index in [2.05, 4.69) is 4.98 Å². The number of halogens is 2. The molecule has 1 heterocycles. The number of hydrogen-bond acceptors (Lipinski definition) is 2. The van der Waals surface area contributed by atoms with Crippen LogP contribution in [0.5, 0.6) is 0 Å². The van der Waals surface area contributed by atoms with Gasteiger partial charge < -0.3 is 5.11 Å². The molecule has 0 spiro atoms. The number of hydrogen-bond donors (Lipinski definition) is 1. The minimum Gasteiger partial charge on any atom is -0.481 e. The van der Waals surface area contributed by atoms with Crippen molar-refractivity contribution < 1.29 is 9.90 Å². The van der Waals surface area contributed by atoms with Gasteiger partial charge in [0.1, 0.15) is 5.15 Å². The number of benzene rings is 1. The average Bonchev–Trinajstić information content (AvgIpc) is 2.26. The molecular weight excluding hydrogens is 261 g/mol. The normalized spacial score (nSPS) is 10.7. The van der Waals surface area contributed by atoms with Gasteiger partial charge >= 0.3 is 5.97 Å². The summed E-state index contributed by atoms with van der Waals surface area (Å²) >= 11 is 11.9. The zero-order valence-corrected chi connectivity index (χ0v) is 10.3. The Labute approximate surface area is 108 Å². The number of carbonyl (C=O) groups is 1. The van der Waals surface area contributed by atoms with Crippen molar-refractivity contribution in [2.45, 2.75) is 12.8 Å². The molecule has 0 saturated heterocycles. The number of pyridine rings is 1. The van der Waals surface area contributed by atoms with Crippen LogP contribution in [0.3, 0.4) is 0 Å². The summed E-state index contributed by atoms with van der Waals surface area (Å²) in [5.41, 5.74) is 1.47. The molecule has 0 aliphatic rings. The second-order valence-electron chi connectivity index (χ2n) is 3.67. The van der Waals surface area contributed by atoms with Gasteiger partial charge in [-0.2, -0.15) is 0 Å². The summed E-state index contributed by atoms with van der Waals surface area (Å²) in [6, 6.07) is 7.14. The summed E-state index contributed by atoms with van der Waals surface area (Å²) in [6.45, 7) is 0. The van der Waals surface area contributed by atoms with E-state index >= 15 is 0 Å². The zero-order valence-electron chi connectivity index (χ0n) is 8.78. The zero-order chi connectivity index (χ0) is 12.4. The monoisotopic (exact) mass is 269 g/mol. The molecule has 2 aromatic rings. The lowest BCUT2D eigenvalue weighted by atomic mass is 10.1. The van der Waals surface area contributed by atoms with Crippen molar-refractivity contribution >= 4 is 40.1 Å². The van der Waals surface area contributed by atoms with Crippen LogP contribution >= 0.6 is 23.2 Å². The van der Waals surface area contributed by atoms with Gasteiger partial charge in [0, 0.05) is 16.8 Å². The quantitative estimate of drug-likeness (QED) is 0.867. The van der Waals surface area contributed by atoms with E-state index in [1.807, 2.05) is 6.07 Å². The third-order valence-electron chi connectivity index (χ3n) is 2.41. The molecule has 88 valence electrons. The molecule has 0 saturated carbocycles. The van der Waals surface area contributed by atoms with Crippen LogP contribution in [-0.4, -0.2) is 16.1 Å². The van der Waals surface area contributed by atoms with Crippen LogP contribution in [0.2, 0.25) is 10.2 Å². The Balaban J connectivity index is 2.42. The van der Waals surface area contributed by atoms with Gasteiger partial charge in [-0.15, -0.1) is 0 Å². The number of nitrogens with zero attached hydrogens (tertiary/aromatic N) is 1. The average molecular weight is 270 g/mol. The van der Waals surface area contributed by atoms with Gasteiger partial charge in [-0.1, -0.05) is 23.2 Å². The number of aliphatic carboxylic acids is 1. The number of rotatable bonds is 3. The predicted molar refractivity (Wildman–Crippen MR) is 67.7 cm³/mol. The van der Waals surface area contributed by atoms with E-state index in [0.717, 1.165) is 16.5 Å². The maximum absolute atomic E-state index is 10.5. The minimum atomic E-state index is -0.854. The Bertz CT molecular complexity index is 584. The maximum atomic E-state index is 10.5. The van der Waals surface area contributed by atoms with Crippen LogP contribution in [0.25, 0.3) is 10.9 Å². The van der Waals surface area contributed by atoms with Gasteiger partial charge in [-0.25, -0.2) is 4.98 Å². The summed E-state index contributed by atoms with van der Waals surface area (Å²) in [5.74, 6) is -0.854. The second kappa shape index (κ2) is 4.90. The fourth-order valence-corrected chi connectivity index (χ4v) is 2.01. The summed E-state index contributed by atoms with van der Waals surface area (Å²) in [4.78, 5) is 14.7. The first-order valence-electron chi connectivity index (χ1n) is 5.03. The van der Waals surface area contributed by atoms with Crippen LogP contribution in [0.4, 0.5) is 0 Å². The van der Waals surface area contributed by atoms with E-state index in [9.17, 15) is 4.79 Å². The molecular formula is C12H9Cl2NO2. The number of aryl methyl sites for hydroxylation is 1. The Hall–Kier alpha value is -1.32. The van der Waals surface area contributed by atoms with E-state index in [-0.39, 0.29) is 6.42 Å². The Kier molecular flexibility index (Phi) is 3.50. The van der Waals surface area contributed by atoms with Gasteiger partial charge in [0.05, 0.1) is 5.52 Å². The van der Waals surface area contributed by atoms with Gasteiger partial charge in [0.25, 0.3) is 0 Å². The lowest BCUT2D eigenvalue weighted by Gasteiger charge is -2.05. The molecule has 1 aromatic carbocycles. The molecule has 2 rings (SSSR count). The summed E-state index contributed by atoms with van der Waals surface area (Å²) in [7, 11) is 0. The molecule has 0 radical (unpaired) electrons. The Morgan fingerprint density at radius 1 is 1.29 bits per heavy atom. The van der Waals surface area contributed by atoms with Crippen molar-refractivity contribution in [3.63, 3.8) is 0 Å². The van der Waals surface area contributed by atoms with Gasteiger partial charge in [0.15, 0.2) is 0 Å². The van der Waals surface area contributed by atoms with Crippen molar-refractivity contribution in [3.05, 3.63) is 40.0 Å². The smallest absolute Gasteiger partial charge is 0.303 e. The topological polar surface area (TPSA) is 50.2 Å². The largest absolute Gasteiger partial charge is 0.481 e. The number of fused-ring (bicyclic) bond motifs is 1. The first-order valence-corrected chi connectivity index (χ1v) is 5.78. The molecule has 0 unspecified atom stereocenters. The van der Waals surface area contributed by atoms with Crippen molar-refractivity contribution in [1.29, 1.82) is 0 Å². The number of aromatic nitrogens is 1. The van der Waals surface area contributed by atoms with Gasteiger partial charge in [-0.05, 0) is 36.2 Å². The molecule has 0 fully saturated rings. The first kappa shape index (κ1) is 12.1. The molecule has 1 N–H and O–H groups in total. The van der Waals surface area contributed by atoms with E-state index < -0.39 is 5.97 Å². The van der Waals surface area contributed by atoms with E-state index in [1.54, 1.807) is 18.2 Å². The molecule has 0 atom stereocenters. The predicted octanol–water partition coefficient (Wildman–Crippen LogP) is 3.56. The highest BCUT2D eigenvalue weighted by atomic mass is 35.5. The van der Waals surface area contributed by atoms with Crippen molar-refractivity contribution in [3.8, 4) is 0 Å². The summed E-state index contributed by atoms with van der Waals surface area (Å²) in [5, 5.41) is 10.5. The van der Waals surface area contributed by atoms with Crippen molar-refractivity contribution in [2.75, 3.05) is 0 Å². The Morgan fingerprint density at radius 3 is 2.76 bits per heavy atom. The SMILES string of the molecule is O=C(O)CCc1cc2cc(Cl)ccc2nc1Cl. The van der Waals surface area contributed by atoms with Crippen LogP contribution in [0.15, 0.2) is 24.3 Å². The summed E-state index contributed by atoms with van der Waals surface area (Å²) in [6.07, 6.45) is 0.400. The molecule has 1 aromatic heterocycles. The molecule has 0 amide bonds. The van der Waals surface area contributed by atoms with Crippen LogP contribution < -0.4 is 0 Å². The van der Waals surface area contributed by atoms with Crippen molar-refractivity contribution in [1.82, 2.24) is 4.98 Å². The molecule has 5 heteroatoms. The number of carboxylic acid groups (broad SMARTS) is 1. The molecule has 0 aliphatic heterocycles. The third kappa shape index (κ3) is 2.87. The van der Waals surface area contributed by atoms with Gasteiger partial charge in [0.2, 0.25) is 0 Å². The molecule has 17 heavy (non-hydrogen) atoms. The molecule has 3 nitrogen and oxygen atoms in total. The molecule has 0 aliphatic carbocycles. The fourth-order valence-electron chi connectivity index (χ4n) is 1.58. The van der Waals surface area contributed by atoms with Gasteiger partial charge in [-0.3, -0.25) is 4.79 Å². The highest BCUT2D eigenvalue weighted by Crippen LogP contribution is 2.24. The second-order valence-corrected chi connectivity index (χ2v) is 4.46. The number of carboxylic acids is 1. The lowest BCUT2D eigenvalue weighted by molar-refractivity contribution is -0.136. The minimum absolute atomic E-state index is 0.0352. The van der Waals surface area contributed by atoms with E-state index in [1.165, 1.54) is 0 Å². The third-order valence-corrected chi connectivity index (χ3v) is 2.97. The van der Waals surface area contributed by atoms with Crippen LogP contribution in [0, 0.1) is 0 Å². The highest BCUT2D eigenvalue weighted by molar-refractivity contribution is 6.32. The van der Waals surface area contributed by atoms with Crippen LogP contribution in [0.1, 0.15) is 12.0 Å². The summed E-state index contributed by atoms with van der Waals surface area (Å²) < 4.78 is 0. The highest BCUT2D eigenvalue weighted by Gasteiger charge is 2.07. The molecule has 0 bridgehead atoms. The lowest BCUT2D eigenvalue weighted by Crippen LogP contribution is -1.99. The van der Waals surface area contributed by atoms with Crippen LogP contribution in [-0.2, 0) is 11.2 Å². The fraction of sp³-hybridized carbons (Fsp3) is 0.167. The first-order chi connectivity index (χ1) is 8.06. The maximum Gasteiger partial charge on any atom is 0.303 e. The van der Waals surface area contributed by atoms with E-state index in [4.69, 9.17) is 28.3 Å². The van der Waals surface area contributed by atoms with Crippen molar-refractivity contribution in [2.24, 2.45) is 0 Å². The standard InChI is InChI=1S/C12H9Cl2NO2/c13-9-2-3-10-8(6-9)5-7(12(14)15-10)1-4-11(16)17/h2-3,5-6H,1,4H2,(H,16,17). The Morgan fingerprint density at radius 2 is 2.06 bits per heavy atom.